The van der Waals surface area contributed by atoms with Gasteiger partial charge >= 0.3 is 0 Å². The van der Waals surface area contributed by atoms with Crippen molar-refractivity contribution in [1.82, 2.24) is 30.1 Å². The van der Waals surface area contributed by atoms with Gasteiger partial charge in [-0.1, -0.05) is 16.4 Å². The van der Waals surface area contributed by atoms with Gasteiger partial charge in [-0.05, 0) is 24.3 Å². The van der Waals surface area contributed by atoms with Gasteiger partial charge in [0.05, 0.1) is 12.8 Å². The summed E-state index contributed by atoms with van der Waals surface area (Å²) in [5.74, 6) is 1.59. The van der Waals surface area contributed by atoms with E-state index in [4.69, 9.17) is 15.0 Å². The maximum atomic E-state index is 6.17. The van der Waals surface area contributed by atoms with Crippen LogP contribution < -0.4 is 10.5 Å². The molecule has 4 aromatic rings. The van der Waals surface area contributed by atoms with E-state index in [1.807, 2.05) is 18.2 Å². The molecule has 0 saturated carbocycles. The first kappa shape index (κ1) is 14.8. The smallest absolute Gasteiger partial charge is 0.282 e. The van der Waals surface area contributed by atoms with Gasteiger partial charge in [-0.25, -0.2) is 0 Å². The normalized spacial score (nSPS) is 10.8. The zero-order chi connectivity index (χ0) is 17.2. The van der Waals surface area contributed by atoms with Crippen LogP contribution in [0.4, 0.5) is 5.82 Å². The maximum absolute atomic E-state index is 6.17. The van der Waals surface area contributed by atoms with Crippen molar-refractivity contribution in [2.24, 2.45) is 0 Å². The number of benzene rings is 1. The molecule has 0 aliphatic rings. The number of pyridine rings is 1. The molecular formula is C16H13N7O2. The highest BCUT2D eigenvalue weighted by Crippen LogP contribution is 2.27. The average Bonchev–Trinajstić information content (AvgIpc) is 3.29. The van der Waals surface area contributed by atoms with Gasteiger partial charge in [-0.3, -0.25) is 4.98 Å². The number of hydrogen-bond acceptors (Lipinski definition) is 8. The van der Waals surface area contributed by atoms with Gasteiger partial charge in [-0.2, -0.15) is 9.67 Å². The lowest BCUT2D eigenvalue weighted by Crippen LogP contribution is -2.02. The number of anilines is 1. The van der Waals surface area contributed by atoms with Crippen LogP contribution in [0.5, 0.6) is 5.75 Å². The van der Waals surface area contributed by atoms with Crippen LogP contribution >= 0.6 is 0 Å². The Labute approximate surface area is 142 Å². The molecule has 3 heterocycles. The average molecular weight is 335 g/mol. The zero-order valence-corrected chi connectivity index (χ0v) is 13.2. The van der Waals surface area contributed by atoms with Crippen molar-refractivity contribution in [1.29, 1.82) is 0 Å². The Hall–Kier alpha value is -3.75. The van der Waals surface area contributed by atoms with Crippen LogP contribution in [0, 0.1) is 0 Å². The van der Waals surface area contributed by atoms with Crippen LogP contribution in [0.1, 0.15) is 0 Å². The van der Waals surface area contributed by atoms with E-state index < -0.39 is 0 Å². The summed E-state index contributed by atoms with van der Waals surface area (Å²) in [5.41, 5.74) is 7.98. The second-order valence-electron chi connectivity index (χ2n) is 5.10. The summed E-state index contributed by atoms with van der Waals surface area (Å²) in [7, 11) is 1.59. The minimum atomic E-state index is 0.193. The second kappa shape index (κ2) is 6.04. The fraction of sp³-hybridized carbons (Fsp3) is 0.0625. The monoisotopic (exact) mass is 335 g/mol. The molecule has 0 spiro atoms. The third-order valence-electron chi connectivity index (χ3n) is 3.57. The molecule has 3 aromatic heterocycles. The first-order valence-electron chi connectivity index (χ1n) is 7.36. The van der Waals surface area contributed by atoms with Crippen molar-refractivity contribution >= 4 is 5.82 Å². The number of hydrogen-bond donors (Lipinski definition) is 1. The summed E-state index contributed by atoms with van der Waals surface area (Å²) >= 11 is 0. The molecule has 0 radical (unpaired) electrons. The maximum Gasteiger partial charge on any atom is 0.282 e. The van der Waals surface area contributed by atoms with E-state index in [-0.39, 0.29) is 11.7 Å². The number of aromatic nitrogens is 6. The SMILES string of the molecule is COc1cccc(-n2nnc(-c3nc(-c4ccncc4)no3)c2N)c1. The lowest BCUT2D eigenvalue weighted by Gasteiger charge is -2.05. The van der Waals surface area contributed by atoms with E-state index >= 15 is 0 Å². The molecular weight excluding hydrogens is 322 g/mol. The van der Waals surface area contributed by atoms with E-state index in [0.29, 0.717) is 23.0 Å². The Morgan fingerprint density at radius 1 is 1.16 bits per heavy atom. The number of nitrogens with zero attached hydrogens (tertiary/aromatic N) is 6. The van der Waals surface area contributed by atoms with Crippen LogP contribution in [0.2, 0.25) is 0 Å². The standard InChI is InChI=1S/C16H13N7O2/c1-24-12-4-2-3-11(9-12)23-14(17)13(20-22-23)16-19-15(21-25-16)10-5-7-18-8-6-10/h2-9H,17H2,1H3. The van der Waals surface area contributed by atoms with Crippen molar-refractivity contribution in [3.05, 3.63) is 48.8 Å². The van der Waals surface area contributed by atoms with Gasteiger partial charge in [-0.15, -0.1) is 5.10 Å². The van der Waals surface area contributed by atoms with Gasteiger partial charge < -0.3 is 15.0 Å². The first-order chi connectivity index (χ1) is 12.3. The van der Waals surface area contributed by atoms with Gasteiger partial charge in [0.25, 0.3) is 5.89 Å². The summed E-state index contributed by atoms with van der Waals surface area (Å²) in [6, 6.07) is 10.9. The fourth-order valence-electron chi connectivity index (χ4n) is 2.31. The van der Waals surface area contributed by atoms with Crippen LogP contribution in [0.15, 0.2) is 53.3 Å². The highest BCUT2D eigenvalue weighted by atomic mass is 16.5. The highest BCUT2D eigenvalue weighted by Gasteiger charge is 2.20. The molecule has 1 aromatic carbocycles. The second-order valence-corrected chi connectivity index (χ2v) is 5.10. The topological polar surface area (TPSA) is 118 Å². The zero-order valence-electron chi connectivity index (χ0n) is 13.2. The summed E-state index contributed by atoms with van der Waals surface area (Å²) in [5, 5.41) is 12.1. The molecule has 2 N–H and O–H groups in total. The predicted molar refractivity (Wildman–Crippen MR) is 88.8 cm³/mol. The molecule has 0 saturated heterocycles. The Morgan fingerprint density at radius 2 is 2.00 bits per heavy atom. The van der Waals surface area contributed by atoms with E-state index in [1.54, 1.807) is 37.7 Å². The third-order valence-corrected chi connectivity index (χ3v) is 3.57. The Kier molecular flexibility index (Phi) is 3.58. The first-order valence-corrected chi connectivity index (χ1v) is 7.36. The number of methoxy groups -OCH3 is 1. The number of ether oxygens (including phenoxy) is 1. The fourth-order valence-corrected chi connectivity index (χ4v) is 2.31. The number of nitrogens with two attached hydrogens (primary N) is 1. The van der Waals surface area contributed by atoms with E-state index in [2.05, 4.69) is 25.4 Å². The molecule has 0 aliphatic heterocycles. The number of nitrogen functional groups attached to an aromatic ring is 1. The van der Waals surface area contributed by atoms with E-state index in [1.165, 1.54) is 4.68 Å². The summed E-state index contributed by atoms with van der Waals surface area (Å²) < 4.78 is 12.0. The van der Waals surface area contributed by atoms with Crippen molar-refractivity contribution in [2.45, 2.75) is 0 Å². The molecule has 0 atom stereocenters. The van der Waals surface area contributed by atoms with Gasteiger partial charge in [0.1, 0.15) is 5.75 Å². The molecule has 25 heavy (non-hydrogen) atoms. The molecule has 0 fully saturated rings. The summed E-state index contributed by atoms with van der Waals surface area (Å²) in [6.45, 7) is 0. The largest absolute Gasteiger partial charge is 0.497 e. The number of rotatable bonds is 4. The van der Waals surface area contributed by atoms with Crippen LogP contribution in [0.3, 0.4) is 0 Å². The Bertz CT molecular complexity index is 1010. The van der Waals surface area contributed by atoms with Gasteiger partial charge in [0.15, 0.2) is 11.5 Å². The lowest BCUT2D eigenvalue weighted by atomic mass is 10.2. The van der Waals surface area contributed by atoms with E-state index in [9.17, 15) is 0 Å². The van der Waals surface area contributed by atoms with Crippen molar-refractivity contribution in [3.63, 3.8) is 0 Å². The molecule has 0 amide bonds. The lowest BCUT2D eigenvalue weighted by molar-refractivity contribution is 0.414. The van der Waals surface area contributed by atoms with E-state index in [0.717, 1.165) is 5.56 Å². The molecule has 0 aliphatic carbocycles. The highest BCUT2D eigenvalue weighted by molar-refractivity contribution is 5.66. The van der Waals surface area contributed by atoms with Gasteiger partial charge in [0.2, 0.25) is 5.82 Å². The molecule has 9 heteroatoms. The van der Waals surface area contributed by atoms with Crippen LogP contribution in [0.25, 0.3) is 28.7 Å². The quantitative estimate of drug-likeness (QED) is 0.601. The summed E-state index contributed by atoms with van der Waals surface area (Å²) in [4.78, 5) is 8.29. The summed E-state index contributed by atoms with van der Waals surface area (Å²) in [6.07, 6.45) is 3.30. The minimum Gasteiger partial charge on any atom is -0.497 e. The Morgan fingerprint density at radius 3 is 2.80 bits per heavy atom. The van der Waals surface area contributed by atoms with Crippen molar-refractivity contribution in [2.75, 3.05) is 12.8 Å². The van der Waals surface area contributed by atoms with Gasteiger partial charge in [0, 0.05) is 24.0 Å². The van der Waals surface area contributed by atoms with Crippen LogP contribution in [-0.4, -0.2) is 37.2 Å². The molecule has 0 unspecified atom stereocenters. The Balaban J connectivity index is 1.71. The molecule has 4 rings (SSSR count). The molecule has 124 valence electrons. The third kappa shape index (κ3) is 2.67. The van der Waals surface area contributed by atoms with Crippen LogP contribution in [-0.2, 0) is 0 Å². The predicted octanol–water partition coefficient (Wildman–Crippen LogP) is 1.97. The molecule has 9 nitrogen and oxygen atoms in total. The van der Waals surface area contributed by atoms with Crippen molar-refractivity contribution in [3.8, 4) is 34.4 Å². The molecule has 0 bridgehead atoms. The minimum absolute atomic E-state index is 0.193. The van der Waals surface area contributed by atoms with Crippen molar-refractivity contribution < 1.29 is 9.26 Å².